The molecule has 0 aliphatic rings. The summed E-state index contributed by atoms with van der Waals surface area (Å²) >= 11 is 0. The number of methoxy groups -OCH3 is 1. The quantitative estimate of drug-likeness (QED) is 0.261. The lowest BCUT2D eigenvalue weighted by Gasteiger charge is -2.03. The van der Waals surface area contributed by atoms with Crippen molar-refractivity contribution in [2.24, 2.45) is 0 Å². The molecule has 0 amide bonds. The number of carbonyl (C=O) groups excluding carboxylic acids is 1. The number of benzene rings is 1. The molecule has 0 aliphatic heterocycles. The maximum absolute atomic E-state index is 11.7. The van der Waals surface area contributed by atoms with E-state index in [0.29, 0.717) is 12.2 Å². The summed E-state index contributed by atoms with van der Waals surface area (Å²) in [6.07, 6.45) is 14.3. The van der Waals surface area contributed by atoms with Crippen LogP contribution < -0.4 is 4.74 Å². The first kappa shape index (κ1) is 21.4. The molecule has 4 nitrogen and oxygen atoms in total. The van der Waals surface area contributed by atoms with Gasteiger partial charge >= 0.3 is 5.97 Å². The van der Waals surface area contributed by atoms with Crippen molar-refractivity contribution in [1.82, 2.24) is 0 Å². The van der Waals surface area contributed by atoms with Crippen molar-refractivity contribution in [2.75, 3.05) is 13.7 Å². The summed E-state index contributed by atoms with van der Waals surface area (Å²) in [5.74, 6) is 10.9. The molecule has 1 rings (SSSR count). The molecule has 138 valence electrons. The molecule has 27 heavy (non-hydrogen) atoms. The summed E-state index contributed by atoms with van der Waals surface area (Å²) < 4.78 is 10.1. The SMILES string of the molecule is C/C=C/C#CC#C/C=C/C=C/CCOC(=O)/C=C/c1ccc(O)c(OC)c1. The van der Waals surface area contributed by atoms with E-state index in [-0.39, 0.29) is 12.4 Å². The van der Waals surface area contributed by atoms with Gasteiger partial charge in [-0.05, 0) is 61.1 Å². The van der Waals surface area contributed by atoms with Crippen LogP contribution in [0.1, 0.15) is 18.9 Å². The van der Waals surface area contributed by atoms with Crippen LogP contribution in [0.3, 0.4) is 0 Å². The van der Waals surface area contributed by atoms with Crippen LogP contribution in [-0.4, -0.2) is 24.8 Å². The van der Waals surface area contributed by atoms with Crippen molar-refractivity contribution in [3.05, 3.63) is 66.3 Å². The highest BCUT2D eigenvalue weighted by Crippen LogP contribution is 2.26. The predicted molar refractivity (Wildman–Crippen MR) is 108 cm³/mol. The second-order valence-corrected chi connectivity index (χ2v) is 5.05. The minimum Gasteiger partial charge on any atom is -0.504 e. The second-order valence-electron chi connectivity index (χ2n) is 5.05. The third-order valence-electron chi connectivity index (χ3n) is 3.03. The molecule has 1 aromatic rings. The van der Waals surface area contributed by atoms with Crippen LogP contribution in [0.5, 0.6) is 11.5 Å². The monoisotopic (exact) mass is 362 g/mol. The summed E-state index contributed by atoms with van der Waals surface area (Å²) in [5, 5.41) is 9.52. The number of esters is 1. The van der Waals surface area contributed by atoms with Gasteiger partial charge < -0.3 is 14.6 Å². The Hall–Kier alpha value is -3.63. The van der Waals surface area contributed by atoms with Gasteiger partial charge in [-0.2, -0.15) is 0 Å². The number of phenols is 1. The molecular formula is C23H22O4. The van der Waals surface area contributed by atoms with Gasteiger partial charge in [0.15, 0.2) is 11.5 Å². The van der Waals surface area contributed by atoms with Crippen molar-refractivity contribution in [3.8, 4) is 35.2 Å². The number of hydrogen-bond donors (Lipinski definition) is 1. The minimum atomic E-state index is -0.434. The lowest BCUT2D eigenvalue weighted by Crippen LogP contribution is -2.01. The first-order chi connectivity index (χ1) is 13.2. The van der Waals surface area contributed by atoms with Gasteiger partial charge in [-0.1, -0.05) is 42.2 Å². The Morgan fingerprint density at radius 3 is 2.70 bits per heavy atom. The maximum Gasteiger partial charge on any atom is 0.330 e. The van der Waals surface area contributed by atoms with Crippen LogP contribution >= 0.6 is 0 Å². The molecular weight excluding hydrogens is 340 g/mol. The second kappa shape index (κ2) is 13.6. The zero-order valence-corrected chi connectivity index (χ0v) is 15.4. The number of ether oxygens (including phenoxy) is 2. The summed E-state index contributed by atoms with van der Waals surface area (Å²) in [4.78, 5) is 11.7. The van der Waals surface area contributed by atoms with Crippen LogP contribution in [0.4, 0.5) is 0 Å². The van der Waals surface area contributed by atoms with Gasteiger partial charge in [0.1, 0.15) is 0 Å². The van der Waals surface area contributed by atoms with Gasteiger partial charge in [-0.15, -0.1) is 0 Å². The molecule has 0 spiro atoms. The standard InChI is InChI=1S/C23H22O4/c1-3-4-5-6-7-8-9-10-11-12-13-18-27-23(25)17-15-20-14-16-21(24)22(19-20)26-2/h3-4,9-12,14-17,19,24H,13,18H2,1-2H3/b4-3+,10-9+,12-11+,17-15+. The number of aromatic hydroxyl groups is 1. The van der Waals surface area contributed by atoms with E-state index in [2.05, 4.69) is 23.7 Å². The first-order valence-electron chi connectivity index (χ1n) is 8.33. The molecule has 1 aromatic carbocycles. The van der Waals surface area contributed by atoms with E-state index in [0.717, 1.165) is 5.56 Å². The Bertz CT molecular complexity index is 850. The van der Waals surface area contributed by atoms with E-state index in [1.807, 2.05) is 25.2 Å². The molecule has 0 heterocycles. The number of rotatable bonds is 7. The average molecular weight is 362 g/mol. The summed E-state index contributed by atoms with van der Waals surface area (Å²) in [5.41, 5.74) is 0.725. The lowest BCUT2D eigenvalue weighted by molar-refractivity contribution is -0.137. The zero-order chi connectivity index (χ0) is 19.7. The Labute approximate surface area is 160 Å². The summed E-state index contributed by atoms with van der Waals surface area (Å²) in [7, 11) is 1.46. The molecule has 0 bridgehead atoms. The number of allylic oxidation sites excluding steroid dienone is 5. The average Bonchev–Trinajstić information content (AvgIpc) is 2.68. The largest absolute Gasteiger partial charge is 0.504 e. The molecule has 0 unspecified atom stereocenters. The van der Waals surface area contributed by atoms with Crippen molar-refractivity contribution < 1.29 is 19.4 Å². The fourth-order valence-corrected chi connectivity index (χ4v) is 1.76. The maximum atomic E-state index is 11.7. The minimum absolute atomic E-state index is 0.0469. The van der Waals surface area contributed by atoms with Gasteiger partial charge in [0.05, 0.1) is 13.7 Å². The van der Waals surface area contributed by atoms with Crippen LogP contribution in [0, 0.1) is 23.7 Å². The molecule has 0 aliphatic carbocycles. The Kier molecular flexibility index (Phi) is 10.8. The van der Waals surface area contributed by atoms with E-state index in [1.54, 1.807) is 36.4 Å². The zero-order valence-electron chi connectivity index (χ0n) is 15.4. The molecule has 4 heteroatoms. The molecule has 0 aromatic heterocycles. The molecule has 0 fully saturated rings. The molecule has 0 radical (unpaired) electrons. The van der Waals surface area contributed by atoms with Crippen LogP contribution in [-0.2, 0) is 9.53 Å². The van der Waals surface area contributed by atoms with Gasteiger partial charge in [-0.3, -0.25) is 0 Å². The third-order valence-corrected chi connectivity index (χ3v) is 3.03. The van der Waals surface area contributed by atoms with Crippen molar-refractivity contribution in [3.63, 3.8) is 0 Å². The molecule has 0 saturated carbocycles. The summed E-state index contributed by atoms with van der Waals surface area (Å²) in [6, 6.07) is 4.80. The van der Waals surface area contributed by atoms with Crippen LogP contribution in [0.2, 0.25) is 0 Å². The highest BCUT2D eigenvalue weighted by atomic mass is 16.5. The van der Waals surface area contributed by atoms with Crippen LogP contribution in [0.25, 0.3) is 6.08 Å². The number of hydrogen-bond acceptors (Lipinski definition) is 4. The normalized spacial score (nSPS) is 10.7. The highest BCUT2D eigenvalue weighted by Gasteiger charge is 2.01. The smallest absolute Gasteiger partial charge is 0.330 e. The molecule has 1 N–H and O–H groups in total. The Morgan fingerprint density at radius 1 is 1.19 bits per heavy atom. The Morgan fingerprint density at radius 2 is 1.96 bits per heavy atom. The van der Waals surface area contributed by atoms with Crippen molar-refractivity contribution in [2.45, 2.75) is 13.3 Å². The van der Waals surface area contributed by atoms with E-state index in [4.69, 9.17) is 9.47 Å². The van der Waals surface area contributed by atoms with Crippen molar-refractivity contribution >= 4 is 12.0 Å². The van der Waals surface area contributed by atoms with Crippen molar-refractivity contribution in [1.29, 1.82) is 0 Å². The fraction of sp³-hybridized carbons (Fsp3) is 0.174. The lowest BCUT2D eigenvalue weighted by atomic mass is 10.2. The van der Waals surface area contributed by atoms with Gasteiger partial charge in [0, 0.05) is 6.08 Å². The topological polar surface area (TPSA) is 55.8 Å². The number of phenolic OH excluding ortho intramolecular Hbond substituents is 1. The van der Waals surface area contributed by atoms with E-state index < -0.39 is 5.97 Å². The number of carbonyl (C=O) groups is 1. The van der Waals surface area contributed by atoms with Crippen LogP contribution in [0.15, 0.2) is 60.7 Å². The Balaban J connectivity index is 2.30. The van der Waals surface area contributed by atoms with E-state index in [9.17, 15) is 9.90 Å². The van der Waals surface area contributed by atoms with Gasteiger partial charge in [0.2, 0.25) is 0 Å². The van der Waals surface area contributed by atoms with E-state index >= 15 is 0 Å². The predicted octanol–water partition coefficient (Wildman–Crippen LogP) is 4.04. The highest BCUT2D eigenvalue weighted by molar-refractivity contribution is 5.87. The molecule has 0 atom stereocenters. The fourth-order valence-electron chi connectivity index (χ4n) is 1.76. The summed E-state index contributed by atoms with van der Waals surface area (Å²) in [6.45, 7) is 2.18. The van der Waals surface area contributed by atoms with Gasteiger partial charge in [0.25, 0.3) is 0 Å². The third kappa shape index (κ3) is 10.1. The molecule has 0 saturated heterocycles. The van der Waals surface area contributed by atoms with E-state index in [1.165, 1.54) is 19.3 Å². The first-order valence-corrected chi connectivity index (χ1v) is 8.33. The van der Waals surface area contributed by atoms with Gasteiger partial charge in [-0.25, -0.2) is 4.79 Å².